The van der Waals surface area contributed by atoms with Gasteiger partial charge in [0.25, 0.3) is 0 Å². The zero-order valence-corrected chi connectivity index (χ0v) is 12.3. The molecule has 0 unspecified atom stereocenters. The van der Waals surface area contributed by atoms with Crippen molar-refractivity contribution in [3.8, 4) is 0 Å². The lowest BCUT2D eigenvalue weighted by molar-refractivity contribution is 0.0601. The van der Waals surface area contributed by atoms with Crippen LogP contribution in [0, 0.1) is 11.7 Å². The highest BCUT2D eigenvalue weighted by molar-refractivity contribution is 9.10. The minimum atomic E-state index is -0.553. The molecule has 1 N–H and O–H groups in total. The van der Waals surface area contributed by atoms with Crippen LogP contribution in [-0.2, 0) is 4.74 Å². The van der Waals surface area contributed by atoms with Crippen LogP contribution in [0.15, 0.2) is 16.6 Å². The van der Waals surface area contributed by atoms with Gasteiger partial charge >= 0.3 is 5.97 Å². The molecule has 0 aliphatic heterocycles. The third-order valence-electron chi connectivity index (χ3n) is 2.48. The summed E-state index contributed by atoms with van der Waals surface area (Å²) in [6.45, 7) is 4.78. The van der Waals surface area contributed by atoms with Gasteiger partial charge in [-0.25, -0.2) is 9.18 Å². The monoisotopic (exact) mass is 317 g/mol. The predicted octanol–water partition coefficient (Wildman–Crippen LogP) is 3.83. The Balaban J connectivity index is 2.96. The molecule has 1 rings (SSSR count). The third kappa shape index (κ3) is 3.98. The fourth-order valence-corrected chi connectivity index (χ4v) is 1.94. The van der Waals surface area contributed by atoms with Gasteiger partial charge in [0.2, 0.25) is 0 Å². The molecule has 0 amide bonds. The number of carbonyl (C=O) groups is 1. The van der Waals surface area contributed by atoms with E-state index in [1.807, 2.05) is 0 Å². The van der Waals surface area contributed by atoms with Gasteiger partial charge in [0.15, 0.2) is 0 Å². The van der Waals surface area contributed by atoms with Crippen LogP contribution in [0.25, 0.3) is 0 Å². The van der Waals surface area contributed by atoms with Gasteiger partial charge in [0.05, 0.1) is 18.4 Å². The molecule has 0 radical (unpaired) electrons. The zero-order chi connectivity index (χ0) is 13.7. The van der Waals surface area contributed by atoms with E-state index in [-0.39, 0.29) is 11.3 Å². The molecule has 0 fully saturated rings. The van der Waals surface area contributed by atoms with Crippen LogP contribution in [0.2, 0.25) is 0 Å². The average molecular weight is 318 g/mol. The third-order valence-corrected chi connectivity index (χ3v) is 2.94. The van der Waals surface area contributed by atoms with E-state index in [9.17, 15) is 9.18 Å². The Hall–Kier alpha value is -1.10. The lowest BCUT2D eigenvalue weighted by Gasteiger charge is -2.13. The molecule has 0 spiro atoms. The predicted molar refractivity (Wildman–Crippen MR) is 73.4 cm³/mol. The van der Waals surface area contributed by atoms with Crippen molar-refractivity contribution in [2.24, 2.45) is 5.92 Å². The molecule has 0 aromatic heterocycles. The fourth-order valence-electron chi connectivity index (χ4n) is 1.51. The number of hydrogen-bond acceptors (Lipinski definition) is 3. The van der Waals surface area contributed by atoms with Gasteiger partial charge in [0.1, 0.15) is 5.82 Å². The molecule has 100 valence electrons. The molecule has 0 bridgehead atoms. The maximum Gasteiger partial charge on any atom is 0.340 e. The molecule has 0 atom stereocenters. The van der Waals surface area contributed by atoms with E-state index < -0.39 is 11.8 Å². The Kier molecular flexibility index (Phi) is 5.59. The van der Waals surface area contributed by atoms with Crippen molar-refractivity contribution in [1.82, 2.24) is 0 Å². The van der Waals surface area contributed by atoms with Gasteiger partial charge < -0.3 is 10.1 Å². The van der Waals surface area contributed by atoms with Crippen molar-refractivity contribution in [3.05, 3.63) is 28.0 Å². The summed E-state index contributed by atoms with van der Waals surface area (Å²) in [5.74, 6) is -0.506. The summed E-state index contributed by atoms with van der Waals surface area (Å²) in [7, 11) is 1.28. The molecule has 0 heterocycles. The van der Waals surface area contributed by atoms with Crippen LogP contribution in [0.4, 0.5) is 10.1 Å². The molecular weight excluding hydrogens is 301 g/mol. The molecule has 1 aromatic carbocycles. The maximum atomic E-state index is 13.8. The van der Waals surface area contributed by atoms with Gasteiger partial charge in [-0.05, 0) is 24.5 Å². The zero-order valence-electron chi connectivity index (χ0n) is 10.7. The van der Waals surface area contributed by atoms with Crippen molar-refractivity contribution in [2.75, 3.05) is 19.0 Å². The number of anilines is 1. The standard InChI is InChI=1S/C13H17BrFNO2/c1-8(2)4-5-16-12-10(13(17)18-3)6-9(14)7-11(12)15/h6-8,16H,4-5H2,1-3H3. The second-order valence-corrected chi connectivity index (χ2v) is 5.33. The van der Waals surface area contributed by atoms with Gasteiger partial charge in [-0.1, -0.05) is 29.8 Å². The van der Waals surface area contributed by atoms with Crippen molar-refractivity contribution >= 4 is 27.6 Å². The van der Waals surface area contributed by atoms with Crippen molar-refractivity contribution < 1.29 is 13.9 Å². The Morgan fingerprint density at radius 1 is 1.50 bits per heavy atom. The number of halogens is 2. The van der Waals surface area contributed by atoms with Crippen LogP contribution >= 0.6 is 15.9 Å². The molecule has 1 aromatic rings. The van der Waals surface area contributed by atoms with E-state index in [1.165, 1.54) is 13.2 Å². The highest BCUT2D eigenvalue weighted by Gasteiger charge is 2.17. The van der Waals surface area contributed by atoms with Crippen LogP contribution in [-0.4, -0.2) is 19.6 Å². The molecule has 18 heavy (non-hydrogen) atoms. The highest BCUT2D eigenvalue weighted by Crippen LogP contribution is 2.26. The summed E-state index contributed by atoms with van der Waals surface area (Å²) in [6.07, 6.45) is 0.899. The minimum Gasteiger partial charge on any atom is -0.465 e. The van der Waals surface area contributed by atoms with E-state index in [0.717, 1.165) is 6.42 Å². The van der Waals surface area contributed by atoms with E-state index in [0.29, 0.717) is 16.9 Å². The van der Waals surface area contributed by atoms with Crippen LogP contribution in [0.5, 0.6) is 0 Å². The first-order chi connectivity index (χ1) is 8.45. The summed E-state index contributed by atoms with van der Waals surface area (Å²) in [6, 6.07) is 2.87. The summed E-state index contributed by atoms with van der Waals surface area (Å²) in [5, 5.41) is 2.96. The maximum absolute atomic E-state index is 13.8. The van der Waals surface area contributed by atoms with Crippen molar-refractivity contribution in [1.29, 1.82) is 0 Å². The Bertz CT molecular complexity index is 435. The van der Waals surface area contributed by atoms with Gasteiger partial charge in [0, 0.05) is 11.0 Å². The largest absolute Gasteiger partial charge is 0.465 e. The first-order valence-electron chi connectivity index (χ1n) is 5.77. The topological polar surface area (TPSA) is 38.3 Å². The van der Waals surface area contributed by atoms with E-state index in [1.54, 1.807) is 6.07 Å². The number of benzene rings is 1. The molecule has 0 aliphatic rings. The molecule has 0 saturated heterocycles. The normalized spacial score (nSPS) is 10.6. The first kappa shape index (κ1) is 15.0. The molecule has 5 heteroatoms. The summed E-state index contributed by atoms with van der Waals surface area (Å²) in [4.78, 5) is 11.6. The number of methoxy groups -OCH3 is 1. The lowest BCUT2D eigenvalue weighted by atomic mass is 10.1. The van der Waals surface area contributed by atoms with Crippen LogP contribution in [0.3, 0.4) is 0 Å². The number of rotatable bonds is 5. The second kappa shape index (κ2) is 6.73. The van der Waals surface area contributed by atoms with Crippen molar-refractivity contribution in [2.45, 2.75) is 20.3 Å². The number of nitrogens with one attached hydrogen (secondary N) is 1. The van der Waals surface area contributed by atoms with Crippen LogP contribution < -0.4 is 5.32 Å². The second-order valence-electron chi connectivity index (χ2n) is 4.41. The van der Waals surface area contributed by atoms with E-state index >= 15 is 0 Å². The van der Waals surface area contributed by atoms with E-state index in [4.69, 9.17) is 0 Å². The fraction of sp³-hybridized carbons (Fsp3) is 0.462. The number of esters is 1. The summed E-state index contributed by atoms with van der Waals surface area (Å²) in [5.41, 5.74) is 0.402. The summed E-state index contributed by atoms with van der Waals surface area (Å²) >= 11 is 3.16. The first-order valence-corrected chi connectivity index (χ1v) is 6.56. The number of ether oxygens (including phenoxy) is 1. The van der Waals surface area contributed by atoms with Crippen LogP contribution in [0.1, 0.15) is 30.6 Å². The van der Waals surface area contributed by atoms with Crippen molar-refractivity contribution in [3.63, 3.8) is 0 Å². The summed E-state index contributed by atoms with van der Waals surface area (Å²) < 4.78 is 19.0. The number of hydrogen-bond donors (Lipinski definition) is 1. The minimum absolute atomic E-state index is 0.200. The molecule has 3 nitrogen and oxygen atoms in total. The highest BCUT2D eigenvalue weighted by atomic mass is 79.9. The van der Waals surface area contributed by atoms with E-state index in [2.05, 4.69) is 39.8 Å². The molecule has 0 saturated carbocycles. The average Bonchev–Trinajstić information content (AvgIpc) is 2.30. The SMILES string of the molecule is COC(=O)c1cc(Br)cc(F)c1NCCC(C)C. The molecule has 0 aliphatic carbocycles. The van der Waals surface area contributed by atoms with Gasteiger partial charge in [-0.15, -0.1) is 0 Å². The Labute approximate surface area is 115 Å². The Morgan fingerprint density at radius 2 is 2.17 bits per heavy atom. The quantitative estimate of drug-likeness (QED) is 0.839. The number of carbonyl (C=O) groups excluding carboxylic acids is 1. The van der Waals surface area contributed by atoms with Gasteiger partial charge in [-0.2, -0.15) is 0 Å². The Morgan fingerprint density at radius 3 is 2.72 bits per heavy atom. The molecular formula is C13H17BrFNO2. The lowest BCUT2D eigenvalue weighted by Crippen LogP contribution is -2.12. The van der Waals surface area contributed by atoms with Gasteiger partial charge in [-0.3, -0.25) is 0 Å². The smallest absolute Gasteiger partial charge is 0.340 e.